The molecule has 0 radical (unpaired) electrons. The van der Waals surface area contributed by atoms with Crippen LogP contribution in [0.15, 0.2) is 78.1 Å². The number of carbonyl (C=O) groups is 1. The van der Waals surface area contributed by atoms with Gasteiger partial charge in [-0.05, 0) is 54.6 Å². The van der Waals surface area contributed by atoms with Crippen molar-refractivity contribution in [2.24, 2.45) is 5.73 Å². The lowest BCUT2D eigenvalue weighted by Crippen LogP contribution is -2.26. The second-order valence-electron chi connectivity index (χ2n) is 8.39. The van der Waals surface area contributed by atoms with Crippen LogP contribution in [0.5, 0.6) is 11.6 Å². The van der Waals surface area contributed by atoms with Crippen molar-refractivity contribution < 1.29 is 18.3 Å². The van der Waals surface area contributed by atoms with Crippen molar-refractivity contribution in [1.82, 2.24) is 24.5 Å². The fourth-order valence-electron chi connectivity index (χ4n) is 4.35. The molecule has 0 aliphatic carbocycles. The van der Waals surface area contributed by atoms with Crippen molar-refractivity contribution >= 4 is 39.6 Å². The third kappa shape index (κ3) is 4.05. The maximum absolute atomic E-state index is 15.5. The number of aromatic amines is 1. The number of hydrogen-bond donors (Lipinski definition) is 2. The quantitative estimate of drug-likeness (QED) is 0.309. The number of ether oxygens (including phenoxy) is 1. The topological polar surface area (TPSA) is 129 Å². The van der Waals surface area contributed by atoms with Crippen molar-refractivity contribution in [3.05, 3.63) is 106 Å². The monoisotopic (exact) mass is 544 g/mol. The van der Waals surface area contributed by atoms with Crippen LogP contribution < -0.4 is 15.9 Å². The number of nitrogens with two attached hydrogens (primary N) is 1. The number of aromatic nitrogens is 5. The maximum Gasteiger partial charge on any atom is 0.254 e. The third-order valence-electron chi connectivity index (χ3n) is 6.07. The molecule has 0 saturated carbocycles. The summed E-state index contributed by atoms with van der Waals surface area (Å²) in [5.41, 5.74) is 5.51. The smallest absolute Gasteiger partial charge is 0.254 e. The fraction of sp³-hybridized carbons (Fsp3) is 0. The summed E-state index contributed by atoms with van der Waals surface area (Å²) in [7, 11) is 0. The van der Waals surface area contributed by atoms with Gasteiger partial charge in [0.25, 0.3) is 5.91 Å². The van der Waals surface area contributed by atoms with Gasteiger partial charge in [-0.3, -0.25) is 14.2 Å². The SMILES string of the molecule is NC(=O)c1c(-c2ccc(Oc3ncnc4[nH]ccc34)c(F)c2)n(-c2ccc(F)c(Cl)c2)c2ncccc2c1=O. The number of nitrogens with zero attached hydrogens (tertiary/aromatic N) is 4. The van der Waals surface area contributed by atoms with Gasteiger partial charge in [0, 0.05) is 23.6 Å². The molecule has 0 spiro atoms. The zero-order chi connectivity index (χ0) is 27.3. The zero-order valence-electron chi connectivity index (χ0n) is 19.7. The standard InChI is InChI=1S/C27H15ClF2N6O3/c28-17-11-14(4-5-18(17)29)36-22(21(24(31)38)23(37)15-2-1-8-33-26(15)36)13-3-6-20(19(30)10-13)39-27-16-7-9-32-25(16)34-12-35-27/h1-12H,(H2,31,38)(H,32,34,35). The lowest BCUT2D eigenvalue weighted by molar-refractivity contribution is 0.0999. The summed E-state index contributed by atoms with van der Waals surface area (Å²) < 4.78 is 36.6. The number of benzene rings is 2. The van der Waals surface area contributed by atoms with Gasteiger partial charge >= 0.3 is 0 Å². The van der Waals surface area contributed by atoms with Gasteiger partial charge in [0.1, 0.15) is 29.0 Å². The number of nitrogens with one attached hydrogen (secondary N) is 1. The number of halogens is 3. The number of H-pyrrole nitrogens is 1. The molecule has 192 valence electrons. The molecular formula is C27H15ClF2N6O3. The Bertz CT molecular complexity index is 2010. The molecule has 0 aliphatic heterocycles. The van der Waals surface area contributed by atoms with Gasteiger partial charge in [0.05, 0.1) is 21.5 Å². The van der Waals surface area contributed by atoms with E-state index in [0.29, 0.717) is 11.0 Å². The highest BCUT2D eigenvalue weighted by molar-refractivity contribution is 6.30. The Morgan fingerprint density at radius 1 is 1.00 bits per heavy atom. The number of carbonyl (C=O) groups excluding carboxylic acids is 1. The lowest BCUT2D eigenvalue weighted by atomic mass is 10.0. The van der Waals surface area contributed by atoms with Crippen LogP contribution in [0.3, 0.4) is 0 Å². The van der Waals surface area contributed by atoms with Gasteiger partial charge in [-0.15, -0.1) is 0 Å². The van der Waals surface area contributed by atoms with E-state index in [2.05, 4.69) is 19.9 Å². The molecule has 6 rings (SSSR count). The fourth-order valence-corrected chi connectivity index (χ4v) is 4.53. The summed E-state index contributed by atoms with van der Waals surface area (Å²) in [6, 6.07) is 12.4. The van der Waals surface area contributed by atoms with Crippen molar-refractivity contribution in [2.75, 3.05) is 0 Å². The van der Waals surface area contributed by atoms with Gasteiger partial charge in [0.15, 0.2) is 11.6 Å². The predicted molar refractivity (Wildman–Crippen MR) is 140 cm³/mol. The molecule has 12 heteroatoms. The first-order valence-electron chi connectivity index (χ1n) is 11.4. The minimum atomic E-state index is -1.04. The number of rotatable bonds is 5. The molecule has 3 N–H and O–H groups in total. The zero-order valence-corrected chi connectivity index (χ0v) is 20.4. The van der Waals surface area contributed by atoms with Gasteiger partial charge in [-0.2, -0.15) is 0 Å². The van der Waals surface area contributed by atoms with Crippen LogP contribution in [-0.2, 0) is 0 Å². The second-order valence-corrected chi connectivity index (χ2v) is 8.80. The van der Waals surface area contributed by atoms with E-state index in [9.17, 15) is 14.0 Å². The molecule has 4 heterocycles. The van der Waals surface area contributed by atoms with Crippen LogP contribution in [0.2, 0.25) is 5.02 Å². The van der Waals surface area contributed by atoms with E-state index in [4.69, 9.17) is 22.1 Å². The molecule has 0 bridgehead atoms. The van der Waals surface area contributed by atoms with Gasteiger partial charge < -0.3 is 15.5 Å². The number of fused-ring (bicyclic) bond motifs is 2. The van der Waals surface area contributed by atoms with Crippen molar-refractivity contribution in [1.29, 1.82) is 0 Å². The third-order valence-corrected chi connectivity index (χ3v) is 6.36. The Hall–Kier alpha value is -5.16. The lowest BCUT2D eigenvalue weighted by Gasteiger charge is -2.20. The first-order valence-corrected chi connectivity index (χ1v) is 11.8. The van der Waals surface area contributed by atoms with Crippen molar-refractivity contribution in [3.63, 3.8) is 0 Å². The van der Waals surface area contributed by atoms with Crippen LogP contribution in [0.1, 0.15) is 10.4 Å². The van der Waals surface area contributed by atoms with Crippen LogP contribution >= 0.6 is 11.6 Å². The van der Waals surface area contributed by atoms with Crippen LogP contribution in [0.4, 0.5) is 8.78 Å². The first-order chi connectivity index (χ1) is 18.8. The summed E-state index contributed by atoms with van der Waals surface area (Å²) in [6.45, 7) is 0. The molecule has 9 nitrogen and oxygen atoms in total. The van der Waals surface area contributed by atoms with E-state index in [1.165, 1.54) is 53.5 Å². The normalized spacial score (nSPS) is 11.3. The minimum absolute atomic E-state index is 0.0538. The van der Waals surface area contributed by atoms with E-state index in [0.717, 1.165) is 12.1 Å². The van der Waals surface area contributed by atoms with E-state index in [1.54, 1.807) is 12.3 Å². The van der Waals surface area contributed by atoms with Crippen LogP contribution in [-0.4, -0.2) is 30.4 Å². The average Bonchev–Trinajstić information content (AvgIpc) is 3.41. The van der Waals surface area contributed by atoms with Crippen LogP contribution in [0, 0.1) is 11.6 Å². The number of amides is 1. The molecular weight excluding hydrogens is 530 g/mol. The summed E-state index contributed by atoms with van der Waals surface area (Å²) in [5, 5.41) is 0.410. The Morgan fingerprint density at radius 3 is 2.62 bits per heavy atom. The Balaban J connectivity index is 1.60. The first kappa shape index (κ1) is 24.2. The molecule has 0 atom stereocenters. The van der Waals surface area contributed by atoms with Gasteiger partial charge in [-0.25, -0.2) is 23.7 Å². The highest BCUT2D eigenvalue weighted by atomic mass is 35.5. The Kier molecular flexibility index (Phi) is 5.77. The summed E-state index contributed by atoms with van der Waals surface area (Å²) >= 11 is 6.05. The molecule has 1 amide bonds. The highest BCUT2D eigenvalue weighted by Gasteiger charge is 2.25. The van der Waals surface area contributed by atoms with E-state index in [-0.39, 0.29) is 44.6 Å². The molecule has 0 fully saturated rings. The van der Waals surface area contributed by atoms with Crippen molar-refractivity contribution in [2.45, 2.75) is 0 Å². The summed E-state index contributed by atoms with van der Waals surface area (Å²) in [5.74, 6) is -2.58. The van der Waals surface area contributed by atoms with Gasteiger partial charge in [-0.1, -0.05) is 11.6 Å². The Labute approximate surface area is 222 Å². The van der Waals surface area contributed by atoms with Crippen LogP contribution in [0.25, 0.3) is 39.0 Å². The Morgan fingerprint density at radius 2 is 1.85 bits per heavy atom. The largest absolute Gasteiger partial charge is 0.435 e. The average molecular weight is 545 g/mol. The van der Waals surface area contributed by atoms with E-state index in [1.807, 2.05) is 0 Å². The number of hydrogen-bond acceptors (Lipinski definition) is 6. The predicted octanol–water partition coefficient (Wildman–Crippen LogP) is 5.15. The molecule has 4 aromatic heterocycles. The maximum atomic E-state index is 15.5. The van der Waals surface area contributed by atoms with E-state index < -0.39 is 28.5 Å². The van der Waals surface area contributed by atoms with E-state index >= 15 is 4.39 Å². The van der Waals surface area contributed by atoms with Gasteiger partial charge in [0.2, 0.25) is 11.3 Å². The highest BCUT2D eigenvalue weighted by Crippen LogP contribution is 2.34. The molecule has 0 unspecified atom stereocenters. The molecule has 0 aliphatic rings. The molecule has 6 aromatic rings. The summed E-state index contributed by atoms with van der Waals surface area (Å²) in [4.78, 5) is 41.4. The summed E-state index contributed by atoms with van der Waals surface area (Å²) in [6.07, 6.45) is 4.36. The minimum Gasteiger partial charge on any atom is -0.435 e. The number of primary amides is 1. The number of pyridine rings is 2. The molecule has 0 saturated heterocycles. The molecule has 2 aromatic carbocycles. The van der Waals surface area contributed by atoms with Crippen molar-refractivity contribution in [3.8, 4) is 28.6 Å². The molecule has 39 heavy (non-hydrogen) atoms. The second kappa shape index (κ2) is 9.30.